The summed E-state index contributed by atoms with van der Waals surface area (Å²) in [5, 5.41) is 0. The summed E-state index contributed by atoms with van der Waals surface area (Å²) in [6.45, 7) is 0. The van der Waals surface area contributed by atoms with Crippen molar-refractivity contribution in [3.8, 4) is 0 Å². The van der Waals surface area contributed by atoms with Gasteiger partial charge in [0.1, 0.15) is 11.5 Å². The molecule has 0 spiro atoms. The number of rotatable bonds is 1. The van der Waals surface area contributed by atoms with Gasteiger partial charge in [-0.3, -0.25) is 4.79 Å². The Morgan fingerprint density at radius 1 is 1.56 bits per heavy atom. The molecule has 0 atom stereocenters. The first kappa shape index (κ1) is 5.88. The second-order valence-electron chi connectivity index (χ2n) is 1.46. The monoisotopic (exact) mass is 124 g/mol. The van der Waals surface area contributed by atoms with Crippen LogP contribution in [-0.4, -0.2) is 11.3 Å². The van der Waals surface area contributed by atoms with Crippen molar-refractivity contribution in [2.24, 2.45) is 0 Å². The third kappa shape index (κ3) is 1.32. The molecular formula is C6H3FNO. The Morgan fingerprint density at radius 3 is 2.78 bits per heavy atom. The van der Waals surface area contributed by atoms with E-state index in [9.17, 15) is 9.18 Å². The highest BCUT2D eigenvalue weighted by atomic mass is 19.1. The van der Waals surface area contributed by atoms with Gasteiger partial charge in [-0.2, -0.15) is 0 Å². The first-order valence-electron chi connectivity index (χ1n) is 2.32. The highest BCUT2D eigenvalue weighted by Crippen LogP contribution is 1.93. The van der Waals surface area contributed by atoms with Crippen molar-refractivity contribution in [2.75, 3.05) is 0 Å². The number of halogens is 1. The minimum Gasteiger partial charge on any atom is -0.283 e. The number of pyridine rings is 1. The molecule has 0 aromatic carbocycles. The maximum absolute atomic E-state index is 12.0. The van der Waals surface area contributed by atoms with E-state index in [-0.39, 0.29) is 5.69 Å². The quantitative estimate of drug-likeness (QED) is 0.551. The Bertz CT molecular complexity index is 207. The van der Waals surface area contributed by atoms with Gasteiger partial charge in [0.05, 0.1) is 6.20 Å². The third-order valence-corrected chi connectivity index (χ3v) is 0.832. The van der Waals surface area contributed by atoms with Crippen LogP contribution in [0.25, 0.3) is 0 Å². The Hall–Kier alpha value is -1.25. The molecular weight excluding hydrogens is 121 g/mol. The van der Waals surface area contributed by atoms with Gasteiger partial charge in [-0.25, -0.2) is 9.37 Å². The lowest BCUT2D eigenvalue weighted by Gasteiger charge is -1.84. The summed E-state index contributed by atoms with van der Waals surface area (Å²) >= 11 is 0. The maximum atomic E-state index is 12.0. The summed E-state index contributed by atoms with van der Waals surface area (Å²) in [5.74, 6) is -0.450. The molecule has 0 saturated carbocycles. The lowest BCUT2D eigenvalue weighted by atomic mass is 10.4. The van der Waals surface area contributed by atoms with Crippen molar-refractivity contribution in [1.82, 2.24) is 4.98 Å². The van der Waals surface area contributed by atoms with E-state index in [1.807, 2.05) is 0 Å². The summed E-state index contributed by atoms with van der Waals surface area (Å²) in [6, 6.07) is 2.43. The summed E-state index contributed by atoms with van der Waals surface area (Å²) in [5.41, 5.74) is 0.122. The molecule has 3 heteroatoms. The van der Waals surface area contributed by atoms with Gasteiger partial charge in [-0.15, -0.1) is 0 Å². The number of hydrogen-bond donors (Lipinski definition) is 0. The molecule has 0 aliphatic rings. The topological polar surface area (TPSA) is 30.0 Å². The van der Waals surface area contributed by atoms with E-state index in [4.69, 9.17) is 0 Å². The number of carbonyl (C=O) groups excluding carboxylic acids is 1. The van der Waals surface area contributed by atoms with Crippen LogP contribution in [0.1, 0.15) is 5.69 Å². The largest absolute Gasteiger partial charge is 0.283 e. The van der Waals surface area contributed by atoms with Crippen molar-refractivity contribution in [3.63, 3.8) is 0 Å². The minimum absolute atomic E-state index is 0.122. The fourth-order valence-electron chi connectivity index (χ4n) is 0.436. The number of hydrogen-bond acceptors (Lipinski definition) is 2. The van der Waals surface area contributed by atoms with Gasteiger partial charge in [0.2, 0.25) is 0 Å². The Balaban J connectivity index is 3.01. The van der Waals surface area contributed by atoms with Gasteiger partial charge in [-0.05, 0) is 12.1 Å². The van der Waals surface area contributed by atoms with Gasteiger partial charge in [0, 0.05) is 0 Å². The lowest BCUT2D eigenvalue weighted by Crippen LogP contribution is -1.85. The summed E-state index contributed by atoms with van der Waals surface area (Å²) in [6.07, 6.45) is 2.50. The molecule has 0 amide bonds. The van der Waals surface area contributed by atoms with E-state index in [1.165, 1.54) is 12.4 Å². The number of nitrogens with zero attached hydrogens (tertiary/aromatic N) is 1. The van der Waals surface area contributed by atoms with E-state index < -0.39 is 5.82 Å². The second-order valence-corrected chi connectivity index (χ2v) is 1.46. The highest BCUT2D eigenvalue weighted by Gasteiger charge is 1.90. The lowest BCUT2D eigenvalue weighted by molar-refractivity contribution is 0.561. The van der Waals surface area contributed by atoms with Gasteiger partial charge in [0.25, 0.3) is 6.29 Å². The average molecular weight is 124 g/mol. The zero-order chi connectivity index (χ0) is 6.69. The molecule has 0 N–H and O–H groups in total. The van der Waals surface area contributed by atoms with Crippen LogP contribution in [0, 0.1) is 5.82 Å². The molecule has 1 heterocycles. The van der Waals surface area contributed by atoms with Crippen LogP contribution >= 0.6 is 0 Å². The Morgan fingerprint density at radius 2 is 2.33 bits per heavy atom. The molecule has 1 aromatic heterocycles. The average Bonchev–Trinajstić information content (AvgIpc) is 1.90. The van der Waals surface area contributed by atoms with E-state index in [2.05, 4.69) is 4.98 Å². The fraction of sp³-hybridized carbons (Fsp3) is 0. The van der Waals surface area contributed by atoms with Crippen molar-refractivity contribution >= 4 is 6.29 Å². The third-order valence-electron chi connectivity index (χ3n) is 0.832. The molecule has 0 bridgehead atoms. The molecule has 1 rings (SSSR count). The van der Waals surface area contributed by atoms with Crippen LogP contribution in [0.4, 0.5) is 4.39 Å². The van der Waals surface area contributed by atoms with Gasteiger partial charge >= 0.3 is 0 Å². The molecule has 1 aromatic rings. The van der Waals surface area contributed by atoms with Crippen LogP contribution in [-0.2, 0) is 4.79 Å². The van der Waals surface area contributed by atoms with Crippen molar-refractivity contribution in [3.05, 3.63) is 29.8 Å². The predicted molar refractivity (Wildman–Crippen MR) is 29.0 cm³/mol. The molecule has 0 aliphatic carbocycles. The fourth-order valence-corrected chi connectivity index (χ4v) is 0.436. The van der Waals surface area contributed by atoms with Crippen LogP contribution in [0.3, 0.4) is 0 Å². The molecule has 0 unspecified atom stereocenters. The van der Waals surface area contributed by atoms with Crippen molar-refractivity contribution in [1.29, 1.82) is 0 Å². The van der Waals surface area contributed by atoms with Crippen LogP contribution in [0.5, 0.6) is 0 Å². The second kappa shape index (κ2) is 2.35. The first-order chi connectivity index (χ1) is 4.33. The molecule has 0 aliphatic heterocycles. The van der Waals surface area contributed by atoms with E-state index >= 15 is 0 Å². The Kier molecular flexibility index (Phi) is 1.53. The SMILES string of the molecule is O=[C]c1ccc(F)cn1. The number of aromatic nitrogens is 1. The standard InChI is InChI=1S/C6H3FNO/c7-5-1-2-6(4-9)8-3-5/h1-3H. The van der Waals surface area contributed by atoms with Crippen molar-refractivity contribution in [2.45, 2.75) is 0 Å². The summed E-state index contributed by atoms with van der Waals surface area (Å²) in [4.78, 5) is 13.2. The van der Waals surface area contributed by atoms with Gasteiger partial charge in [-0.1, -0.05) is 0 Å². The van der Waals surface area contributed by atoms with E-state index in [0.29, 0.717) is 0 Å². The molecule has 0 fully saturated rings. The van der Waals surface area contributed by atoms with Gasteiger partial charge < -0.3 is 0 Å². The smallest absolute Gasteiger partial charge is 0.253 e. The molecule has 45 valence electrons. The van der Waals surface area contributed by atoms with Crippen LogP contribution < -0.4 is 0 Å². The van der Waals surface area contributed by atoms with E-state index in [1.54, 1.807) is 0 Å². The van der Waals surface area contributed by atoms with Gasteiger partial charge in [0.15, 0.2) is 0 Å². The molecule has 0 saturated heterocycles. The van der Waals surface area contributed by atoms with Crippen molar-refractivity contribution < 1.29 is 9.18 Å². The molecule has 9 heavy (non-hydrogen) atoms. The highest BCUT2D eigenvalue weighted by molar-refractivity contribution is 5.71. The molecule has 1 radical (unpaired) electrons. The normalized spacial score (nSPS) is 9.00. The zero-order valence-corrected chi connectivity index (χ0v) is 4.47. The summed E-state index contributed by atoms with van der Waals surface area (Å²) in [7, 11) is 0. The van der Waals surface area contributed by atoms with Crippen LogP contribution in [0.2, 0.25) is 0 Å². The first-order valence-corrected chi connectivity index (χ1v) is 2.32. The summed E-state index contributed by atoms with van der Waals surface area (Å²) < 4.78 is 12.0. The minimum atomic E-state index is -0.450. The van der Waals surface area contributed by atoms with Crippen LogP contribution in [0.15, 0.2) is 18.3 Å². The van der Waals surface area contributed by atoms with E-state index in [0.717, 1.165) is 12.3 Å². The molecule has 2 nitrogen and oxygen atoms in total. The maximum Gasteiger partial charge on any atom is 0.253 e. The predicted octanol–water partition coefficient (Wildman–Crippen LogP) is 0.678. The zero-order valence-electron chi connectivity index (χ0n) is 4.47. The Labute approximate surface area is 51.3 Å².